The third-order valence-electron chi connectivity index (χ3n) is 3.21. The maximum absolute atomic E-state index is 12.1. The van der Waals surface area contributed by atoms with Crippen molar-refractivity contribution in [3.63, 3.8) is 0 Å². The zero-order valence-corrected chi connectivity index (χ0v) is 14.3. The summed E-state index contributed by atoms with van der Waals surface area (Å²) in [5, 5.41) is 9.65. The third-order valence-corrected chi connectivity index (χ3v) is 3.74. The van der Waals surface area contributed by atoms with E-state index in [0.29, 0.717) is 17.9 Å². The fraction of sp³-hybridized carbons (Fsp3) is 0.0667. The quantitative estimate of drug-likeness (QED) is 0.795. The molecule has 2 N–H and O–H groups in total. The summed E-state index contributed by atoms with van der Waals surface area (Å²) in [5.74, 6) is 0.112. The average Bonchev–Trinajstić information content (AvgIpc) is 2.77. The van der Waals surface area contributed by atoms with Gasteiger partial charge in [0, 0.05) is 15.6 Å². The Morgan fingerprint density at radius 3 is 2.48 bits per heavy atom. The minimum absolute atomic E-state index is 0. The second-order valence-corrected chi connectivity index (χ2v) is 5.46. The largest absolute Gasteiger partial charge is 0.283 e. The number of carbonyl (C=O) groups excluding carboxylic acids is 1. The van der Waals surface area contributed by atoms with Crippen molar-refractivity contribution < 1.29 is 4.79 Å². The number of hydrogen-bond donors (Lipinski definition) is 2. The second kappa shape index (κ2) is 6.41. The molecule has 0 saturated heterocycles. The number of carbonyl (C=O) groups is 1. The van der Waals surface area contributed by atoms with Crippen LogP contribution in [0, 0.1) is 5.41 Å². The highest BCUT2D eigenvalue weighted by atomic mass is 79.9. The highest BCUT2D eigenvalue weighted by molar-refractivity contribution is 9.10. The predicted molar refractivity (Wildman–Crippen MR) is 90.7 cm³/mol. The second-order valence-electron chi connectivity index (χ2n) is 4.54. The molecule has 0 fully saturated rings. The van der Waals surface area contributed by atoms with E-state index in [-0.39, 0.29) is 22.9 Å². The molecule has 1 aliphatic heterocycles. The lowest BCUT2D eigenvalue weighted by molar-refractivity contribution is 0.0869. The van der Waals surface area contributed by atoms with Crippen molar-refractivity contribution in [2.24, 2.45) is 0 Å². The molecule has 0 spiro atoms. The zero-order chi connectivity index (χ0) is 14.1. The normalized spacial score (nSPS) is 12.6. The molecule has 108 valence electrons. The van der Waals surface area contributed by atoms with Crippen LogP contribution in [0.5, 0.6) is 0 Å². The first-order chi connectivity index (χ1) is 9.65. The van der Waals surface area contributed by atoms with Gasteiger partial charge < -0.3 is 0 Å². The Balaban J connectivity index is 0.00000161. The summed E-state index contributed by atoms with van der Waals surface area (Å²) in [5.41, 5.74) is 5.25. The number of benzene rings is 2. The van der Waals surface area contributed by atoms with Crippen molar-refractivity contribution in [3.8, 4) is 0 Å². The lowest BCUT2D eigenvalue weighted by atomic mass is 10.1. The molecule has 0 saturated carbocycles. The van der Waals surface area contributed by atoms with Crippen LogP contribution in [0.2, 0.25) is 0 Å². The monoisotopic (exact) mass is 409 g/mol. The summed E-state index contributed by atoms with van der Waals surface area (Å²) in [6, 6.07) is 14.8. The first kappa shape index (κ1) is 15.7. The number of nitrogens with zero attached hydrogens (tertiary/aromatic N) is 1. The minimum Gasteiger partial charge on any atom is -0.283 e. The summed E-state index contributed by atoms with van der Waals surface area (Å²) in [6.07, 6.45) is 0. The lowest BCUT2D eigenvalue weighted by Crippen LogP contribution is -2.42. The molecule has 4 nitrogen and oxygen atoms in total. The summed E-state index contributed by atoms with van der Waals surface area (Å²) in [6.45, 7) is 0.525. The Kier molecular flexibility index (Phi) is 4.80. The van der Waals surface area contributed by atoms with Gasteiger partial charge >= 0.3 is 0 Å². The van der Waals surface area contributed by atoms with Gasteiger partial charge in [-0.25, -0.2) is 0 Å². The number of amides is 1. The molecule has 6 heteroatoms. The lowest BCUT2D eigenvalue weighted by Gasteiger charge is -2.18. The molecule has 3 rings (SSSR count). The van der Waals surface area contributed by atoms with Crippen LogP contribution in [0.1, 0.15) is 21.5 Å². The molecule has 1 heterocycles. The standard InChI is InChI=1S/C15H12BrN3O.BrH/c16-12-7-5-10(6-8-12)15(20)18-19-9-11-3-1-2-4-13(11)14(19)17;/h1-8,17H,9H2,(H,18,20);1H. The van der Waals surface area contributed by atoms with E-state index in [9.17, 15) is 4.79 Å². The van der Waals surface area contributed by atoms with E-state index in [0.717, 1.165) is 15.6 Å². The van der Waals surface area contributed by atoms with Gasteiger partial charge in [-0.05, 0) is 29.8 Å². The van der Waals surface area contributed by atoms with Gasteiger partial charge in [0.2, 0.25) is 0 Å². The van der Waals surface area contributed by atoms with Crippen molar-refractivity contribution in [1.82, 2.24) is 10.4 Å². The van der Waals surface area contributed by atoms with Crippen molar-refractivity contribution >= 4 is 44.7 Å². The molecule has 2 aromatic rings. The highest BCUT2D eigenvalue weighted by Gasteiger charge is 2.25. The van der Waals surface area contributed by atoms with Gasteiger partial charge in [0.05, 0.1) is 6.54 Å². The van der Waals surface area contributed by atoms with Crippen LogP contribution in [0.3, 0.4) is 0 Å². The molecule has 0 bridgehead atoms. The zero-order valence-electron chi connectivity index (χ0n) is 11.0. The van der Waals surface area contributed by atoms with Gasteiger partial charge in [0.15, 0.2) is 0 Å². The Bertz CT molecular complexity index is 686. The predicted octanol–water partition coefficient (Wildman–Crippen LogP) is 3.51. The van der Waals surface area contributed by atoms with E-state index in [2.05, 4.69) is 21.4 Å². The van der Waals surface area contributed by atoms with E-state index >= 15 is 0 Å². The Morgan fingerprint density at radius 2 is 1.81 bits per heavy atom. The molecule has 2 aromatic carbocycles. The maximum atomic E-state index is 12.1. The van der Waals surface area contributed by atoms with Crippen LogP contribution in [-0.4, -0.2) is 16.8 Å². The molecule has 1 amide bonds. The van der Waals surface area contributed by atoms with Crippen LogP contribution >= 0.6 is 32.9 Å². The van der Waals surface area contributed by atoms with E-state index in [1.807, 2.05) is 36.4 Å². The molecule has 0 unspecified atom stereocenters. The molecule has 1 aliphatic rings. The summed E-state index contributed by atoms with van der Waals surface area (Å²) in [7, 11) is 0. The van der Waals surface area contributed by atoms with Crippen molar-refractivity contribution in [2.75, 3.05) is 0 Å². The van der Waals surface area contributed by atoms with Crippen molar-refractivity contribution in [2.45, 2.75) is 6.54 Å². The van der Waals surface area contributed by atoms with Gasteiger partial charge in [0.25, 0.3) is 5.91 Å². The number of amidine groups is 1. The number of nitrogens with one attached hydrogen (secondary N) is 2. The van der Waals surface area contributed by atoms with E-state index in [4.69, 9.17) is 5.41 Å². The molecule has 0 aromatic heterocycles. The minimum atomic E-state index is -0.213. The first-order valence-electron chi connectivity index (χ1n) is 6.16. The Hall–Kier alpha value is -1.66. The van der Waals surface area contributed by atoms with Gasteiger partial charge in [-0.1, -0.05) is 40.2 Å². The van der Waals surface area contributed by atoms with Crippen LogP contribution in [0.4, 0.5) is 0 Å². The molecular weight excluding hydrogens is 398 g/mol. The van der Waals surface area contributed by atoms with Crippen molar-refractivity contribution in [1.29, 1.82) is 5.41 Å². The molecule has 21 heavy (non-hydrogen) atoms. The van der Waals surface area contributed by atoms with Gasteiger partial charge in [-0.15, -0.1) is 17.0 Å². The number of hydrogen-bond acceptors (Lipinski definition) is 2. The number of fused-ring (bicyclic) bond motifs is 1. The van der Waals surface area contributed by atoms with E-state index in [1.165, 1.54) is 0 Å². The molecule has 0 atom stereocenters. The summed E-state index contributed by atoms with van der Waals surface area (Å²) >= 11 is 3.34. The summed E-state index contributed by atoms with van der Waals surface area (Å²) in [4.78, 5) is 12.1. The fourth-order valence-electron chi connectivity index (χ4n) is 2.17. The summed E-state index contributed by atoms with van der Waals surface area (Å²) < 4.78 is 0.926. The van der Waals surface area contributed by atoms with E-state index in [1.54, 1.807) is 17.1 Å². The van der Waals surface area contributed by atoms with Crippen LogP contribution < -0.4 is 5.43 Å². The maximum Gasteiger partial charge on any atom is 0.269 e. The van der Waals surface area contributed by atoms with Gasteiger partial charge in [-0.3, -0.25) is 20.6 Å². The molecule has 0 aliphatic carbocycles. The number of halogens is 2. The SMILES string of the molecule is Br.N=C1c2ccccc2CN1NC(=O)c1ccc(Br)cc1. The number of rotatable bonds is 2. The van der Waals surface area contributed by atoms with Crippen LogP contribution in [0.15, 0.2) is 53.0 Å². The first-order valence-corrected chi connectivity index (χ1v) is 6.95. The fourth-order valence-corrected chi connectivity index (χ4v) is 2.43. The van der Waals surface area contributed by atoms with Gasteiger partial charge in [0.1, 0.15) is 5.84 Å². The highest BCUT2D eigenvalue weighted by Crippen LogP contribution is 2.20. The Morgan fingerprint density at radius 1 is 1.14 bits per heavy atom. The van der Waals surface area contributed by atoms with Gasteiger partial charge in [-0.2, -0.15) is 0 Å². The smallest absolute Gasteiger partial charge is 0.269 e. The Labute approximate surface area is 141 Å². The third kappa shape index (κ3) is 3.16. The van der Waals surface area contributed by atoms with Crippen LogP contribution in [0.25, 0.3) is 0 Å². The van der Waals surface area contributed by atoms with E-state index < -0.39 is 0 Å². The number of hydrazine groups is 1. The average molecular weight is 411 g/mol. The molecular formula is C15H13Br2N3O. The van der Waals surface area contributed by atoms with Crippen LogP contribution in [-0.2, 0) is 6.54 Å². The van der Waals surface area contributed by atoms with Crippen molar-refractivity contribution in [3.05, 3.63) is 69.7 Å². The molecule has 0 radical (unpaired) electrons. The topological polar surface area (TPSA) is 56.2 Å².